The van der Waals surface area contributed by atoms with Crippen molar-refractivity contribution in [2.24, 2.45) is 20.6 Å². The third-order valence-electron chi connectivity index (χ3n) is 5.30. The SMILES string of the molecule is CCOC(=O)C1CSC2=C(CC(C)(C)C/C2=N\c2ccc(/N=N/c3ccccc3)cc2)N1. The Hall–Kier alpha value is -2.93. The van der Waals surface area contributed by atoms with E-state index in [9.17, 15) is 4.79 Å². The van der Waals surface area contributed by atoms with Crippen LogP contribution < -0.4 is 5.32 Å². The Labute approximate surface area is 193 Å². The number of aliphatic imine (C=N–C) groups is 1. The zero-order chi connectivity index (χ0) is 22.6. The summed E-state index contributed by atoms with van der Waals surface area (Å²) in [6.45, 7) is 6.70. The maximum absolute atomic E-state index is 12.2. The van der Waals surface area contributed by atoms with Crippen molar-refractivity contribution in [1.29, 1.82) is 0 Å². The van der Waals surface area contributed by atoms with E-state index in [1.807, 2.05) is 61.5 Å². The fourth-order valence-electron chi connectivity index (χ4n) is 3.85. The van der Waals surface area contributed by atoms with Gasteiger partial charge in [0, 0.05) is 16.4 Å². The monoisotopic (exact) mass is 448 g/mol. The first-order valence-electron chi connectivity index (χ1n) is 10.9. The van der Waals surface area contributed by atoms with Crippen molar-refractivity contribution < 1.29 is 9.53 Å². The van der Waals surface area contributed by atoms with E-state index in [-0.39, 0.29) is 17.4 Å². The minimum atomic E-state index is -0.303. The Bertz CT molecular complexity index is 1060. The topological polar surface area (TPSA) is 75.4 Å². The van der Waals surface area contributed by atoms with Gasteiger partial charge in [0.15, 0.2) is 0 Å². The number of allylic oxidation sites excluding steroid dienone is 2. The average molecular weight is 449 g/mol. The fourth-order valence-corrected chi connectivity index (χ4v) is 5.00. The lowest BCUT2D eigenvalue weighted by molar-refractivity contribution is -0.144. The molecule has 6 nitrogen and oxygen atoms in total. The molecule has 166 valence electrons. The molecule has 2 aliphatic rings. The maximum Gasteiger partial charge on any atom is 0.329 e. The van der Waals surface area contributed by atoms with Gasteiger partial charge in [0.1, 0.15) is 6.04 Å². The van der Waals surface area contributed by atoms with Gasteiger partial charge in [0.25, 0.3) is 0 Å². The average Bonchev–Trinajstić information content (AvgIpc) is 2.78. The number of hydrogen-bond donors (Lipinski definition) is 1. The Balaban J connectivity index is 1.54. The molecule has 1 aliphatic heterocycles. The van der Waals surface area contributed by atoms with Gasteiger partial charge in [-0.2, -0.15) is 10.2 Å². The molecule has 4 rings (SSSR count). The van der Waals surface area contributed by atoms with Crippen LogP contribution in [0.4, 0.5) is 17.1 Å². The number of carbonyl (C=O) groups is 1. The molecule has 0 spiro atoms. The van der Waals surface area contributed by atoms with Crippen LogP contribution in [0.25, 0.3) is 0 Å². The summed E-state index contributed by atoms with van der Waals surface area (Å²) in [5.41, 5.74) is 4.72. The molecule has 1 heterocycles. The molecule has 0 saturated heterocycles. The number of azo groups is 1. The molecular weight excluding hydrogens is 420 g/mol. The van der Waals surface area contributed by atoms with E-state index in [1.165, 1.54) is 0 Å². The van der Waals surface area contributed by atoms with E-state index in [4.69, 9.17) is 9.73 Å². The van der Waals surface area contributed by atoms with Crippen LogP contribution in [-0.4, -0.2) is 30.1 Å². The molecule has 1 atom stereocenters. The van der Waals surface area contributed by atoms with Gasteiger partial charge in [0.2, 0.25) is 0 Å². The maximum atomic E-state index is 12.2. The summed E-state index contributed by atoms with van der Waals surface area (Å²) in [6, 6.07) is 17.2. The van der Waals surface area contributed by atoms with E-state index in [0.29, 0.717) is 12.4 Å². The molecule has 1 aliphatic carbocycles. The first kappa shape index (κ1) is 22.3. The zero-order valence-corrected chi connectivity index (χ0v) is 19.5. The van der Waals surface area contributed by atoms with Gasteiger partial charge in [-0.05, 0) is 61.6 Å². The van der Waals surface area contributed by atoms with Crippen molar-refractivity contribution in [3.05, 3.63) is 65.2 Å². The summed E-state index contributed by atoms with van der Waals surface area (Å²) < 4.78 is 5.21. The smallest absolute Gasteiger partial charge is 0.329 e. The molecule has 1 N–H and O–H groups in total. The molecule has 0 fully saturated rings. The summed E-state index contributed by atoms with van der Waals surface area (Å²) in [5.74, 6) is 0.462. The number of nitrogens with zero attached hydrogens (tertiary/aromatic N) is 3. The Morgan fingerprint density at radius 1 is 1.03 bits per heavy atom. The molecule has 32 heavy (non-hydrogen) atoms. The molecule has 7 heteroatoms. The number of carbonyl (C=O) groups excluding carboxylic acids is 1. The van der Waals surface area contributed by atoms with Crippen LogP contribution in [0.2, 0.25) is 0 Å². The van der Waals surface area contributed by atoms with Crippen molar-refractivity contribution in [3.8, 4) is 0 Å². The molecule has 0 aromatic heterocycles. The van der Waals surface area contributed by atoms with Crippen molar-refractivity contribution in [2.75, 3.05) is 12.4 Å². The van der Waals surface area contributed by atoms with Gasteiger partial charge in [-0.15, -0.1) is 11.8 Å². The van der Waals surface area contributed by atoms with Gasteiger partial charge in [-0.1, -0.05) is 32.0 Å². The Morgan fingerprint density at radius 2 is 1.69 bits per heavy atom. The van der Waals surface area contributed by atoms with Gasteiger partial charge < -0.3 is 10.1 Å². The molecule has 0 saturated carbocycles. The highest BCUT2D eigenvalue weighted by Crippen LogP contribution is 2.43. The number of nitrogens with one attached hydrogen (secondary N) is 1. The van der Waals surface area contributed by atoms with Crippen molar-refractivity contribution >= 4 is 40.5 Å². The highest BCUT2D eigenvalue weighted by atomic mass is 32.2. The predicted octanol–water partition coefficient (Wildman–Crippen LogP) is 6.47. The van der Waals surface area contributed by atoms with E-state index >= 15 is 0 Å². The number of thioether (sulfide) groups is 1. The third-order valence-corrected chi connectivity index (χ3v) is 6.57. The number of esters is 1. The van der Waals surface area contributed by atoms with Crippen LogP contribution in [0.15, 0.2) is 80.4 Å². The van der Waals surface area contributed by atoms with Crippen molar-refractivity contribution in [2.45, 2.75) is 39.7 Å². The zero-order valence-electron chi connectivity index (χ0n) is 18.7. The fraction of sp³-hybridized carbons (Fsp3) is 0.360. The normalized spacial score (nSPS) is 21.3. The number of benzene rings is 2. The minimum absolute atomic E-state index is 0.0611. The largest absolute Gasteiger partial charge is 0.464 e. The lowest BCUT2D eigenvalue weighted by atomic mass is 9.78. The molecule has 0 bridgehead atoms. The summed E-state index contributed by atoms with van der Waals surface area (Å²) in [6.07, 6.45) is 1.78. The standard InChI is InChI=1S/C25H28N4O2S/c1-4-31-24(30)22-16-32-23-20(14-25(2,3)15-21(23)27-22)26-17-10-12-19(13-11-17)29-28-18-8-6-5-7-9-18/h5-13,22,27H,4,14-16H2,1-3H3/b26-20+,29-28+. The van der Waals surface area contributed by atoms with Crippen molar-refractivity contribution in [1.82, 2.24) is 5.32 Å². The summed E-state index contributed by atoms with van der Waals surface area (Å²) >= 11 is 1.70. The second-order valence-electron chi connectivity index (χ2n) is 8.70. The molecule has 1 unspecified atom stereocenters. The van der Waals surface area contributed by atoms with Gasteiger partial charge in [0.05, 0.1) is 29.4 Å². The van der Waals surface area contributed by atoms with Gasteiger partial charge >= 0.3 is 5.97 Å². The molecule has 0 amide bonds. The second kappa shape index (κ2) is 9.69. The van der Waals surface area contributed by atoms with Crippen molar-refractivity contribution in [3.63, 3.8) is 0 Å². The Morgan fingerprint density at radius 3 is 2.38 bits per heavy atom. The molecule has 2 aromatic rings. The summed E-state index contributed by atoms with van der Waals surface area (Å²) in [5, 5.41) is 12.0. The highest BCUT2D eigenvalue weighted by molar-refractivity contribution is 8.04. The van der Waals surface area contributed by atoms with Crippen LogP contribution in [-0.2, 0) is 9.53 Å². The first-order valence-corrected chi connectivity index (χ1v) is 11.9. The van der Waals surface area contributed by atoms with Crippen LogP contribution >= 0.6 is 11.8 Å². The summed E-state index contributed by atoms with van der Waals surface area (Å²) in [4.78, 5) is 18.4. The van der Waals surface area contributed by atoms with E-state index in [1.54, 1.807) is 11.8 Å². The number of rotatable bonds is 5. The van der Waals surface area contributed by atoms with E-state index in [2.05, 4.69) is 29.4 Å². The Kier molecular flexibility index (Phi) is 6.74. The first-order chi connectivity index (χ1) is 15.4. The number of ether oxygens (including phenoxy) is 1. The quantitative estimate of drug-likeness (QED) is 0.420. The number of hydrogen-bond acceptors (Lipinski definition) is 7. The highest BCUT2D eigenvalue weighted by Gasteiger charge is 2.37. The van der Waals surface area contributed by atoms with Gasteiger partial charge in [-0.3, -0.25) is 4.99 Å². The lowest BCUT2D eigenvalue weighted by Gasteiger charge is -2.38. The molecule has 0 radical (unpaired) electrons. The molecule has 2 aromatic carbocycles. The van der Waals surface area contributed by atoms with Crippen LogP contribution in [0.5, 0.6) is 0 Å². The molecular formula is C25H28N4O2S. The van der Waals surface area contributed by atoms with E-state index < -0.39 is 0 Å². The van der Waals surface area contributed by atoms with E-state index in [0.717, 1.165) is 46.2 Å². The van der Waals surface area contributed by atoms with Crippen LogP contribution in [0, 0.1) is 5.41 Å². The van der Waals surface area contributed by atoms with Crippen LogP contribution in [0.1, 0.15) is 33.6 Å². The predicted molar refractivity (Wildman–Crippen MR) is 130 cm³/mol. The lowest BCUT2D eigenvalue weighted by Crippen LogP contribution is -2.45. The summed E-state index contributed by atoms with van der Waals surface area (Å²) in [7, 11) is 0. The minimum Gasteiger partial charge on any atom is -0.464 e. The third kappa shape index (κ3) is 5.46. The van der Waals surface area contributed by atoms with Crippen LogP contribution in [0.3, 0.4) is 0 Å². The second-order valence-corrected chi connectivity index (χ2v) is 9.73. The van der Waals surface area contributed by atoms with Gasteiger partial charge in [-0.25, -0.2) is 4.79 Å².